The highest BCUT2D eigenvalue weighted by molar-refractivity contribution is 7.92. The molecule has 0 bridgehead atoms. The van der Waals surface area contributed by atoms with Crippen LogP contribution in [0.25, 0.3) is 10.2 Å². The molecule has 0 aliphatic heterocycles. The molecule has 2 heterocycles. The van der Waals surface area contributed by atoms with Gasteiger partial charge in [-0.1, -0.05) is 0 Å². The molecule has 0 saturated carbocycles. The third kappa shape index (κ3) is 4.75. The van der Waals surface area contributed by atoms with E-state index in [1.54, 1.807) is 42.5 Å². The van der Waals surface area contributed by atoms with E-state index < -0.39 is 10.0 Å². The predicted octanol–water partition coefficient (Wildman–Crippen LogP) is 4.31. The molecule has 4 rings (SSSR count). The monoisotopic (exact) mass is 454 g/mol. The molecule has 0 spiro atoms. The van der Waals surface area contributed by atoms with Gasteiger partial charge in [0.2, 0.25) is 5.95 Å². The van der Waals surface area contributed by atoms with Gasteiger partial charge in [0.1, 0.15) is 5.82 Å². The fourth-order valence-corrected chi connectivity index (χ4v) is 5.01. The molecule has 0 aliphatic carbocycles. The second-order valence-corrected chi connectivity index (χ2v) is 10.2. The van der Waals surface area contributed by atoms with E-state index in [9.17, 15) is 8.42 Å². The number of hydrogen-bond donors (Lipinski definition) is 2. The van der Waals surface area contributed by atoms with Crippen molar-refractivity contribution in [3.8, 4) is 0 Å². The van der Waals surface area contributed by atoms with Crippen LogP contribution in [-0.2, 0) is 10.0 Å². The summed E-state index contributed by atoms with van der Waals surface area (Å²) in [5.41, 5.74) is 2.86. The van der Waals surface area contributed by atoms with Crippen LogP contribution < -0.4 is 14.9 Å². The SMILES string of the molecule is Cc1cc(N(C)C)nc(Nc2ccc(NS(=O)(=O)c3ccc4nc(C)sc4c3)cc2)n1. The van der Waals surface area contributed by atoms with Gasteiger partial charge in [-0.15, -0.1) is 11.3 Å². The number of anilines is 4. The van der Waals surface area contributed by atoms with E-state index >= 15 is 0 Å². The second kappa shape index (κ2) is 8.12. The molecule has 0 fully saturated rings. The molecule has 0 amide bonds. The molecule has 0 unspecified atom stereocenters. The van der Waals surface area contributed by atoms with Crippen molar-refractivity contribution < 1.29 is 8.42 Å². The fraction of sp³-hybridized carbons (Fsp3) is 0.190. The zero-order valence-corrected chi connectivity index (χ0v) is 19.2. The maximum atomic E-state index is 12.8. The van der Waals surface area contributed by atoms with Crippen LogP contribution in [0.5, 0.6) is 0 Å². The summed E-state index contributed by atoms with van der Waals surface area (Å²) in [6.07, 6.45) is 0. The summed E-state index contributed by atoms with van der Waals surface area (Å²) in [6, 6.07) is 13.8. The van der Waals surface area contributed by atoms with Crippen LogP contribution in [-0.4, -0.2) is 37.5 Å². The van der Waals surface area contributed by atoms with Gasteiger partial charge < -0.3 is 10.2 Å². The first-order valence-electron chi connectivity index (χ1n) is 9.50. The van der Waals surface area contributed by atoms with Crippen LogP contribution in [0.15, 0.2) is 53.4 Å². The molecule has 0 saturated heterocycles. The summed E-state index contributed by atoms with van der Waals surface area (Å²) in [7, 11) is 0.124. The number of nitrogens with one attached hydrogen (secondary N) is 2. The standard InChI is InChI=1S/C21H22N6O2S2/c1-13-11-20(27(3)4)25-21(22-13)24-15-5-7-16(8-6-15)26-31(28,29)17-9-10-18-19(12-17)30-14(2)23-18/h5-12,26H,1-4H3,(H,22,24,25). The molecule has 2 aromatic heterocycles. The number of rotatable bonds is 6. The summed E-state index contributed by atoms with van der Waals surface area (Å²) in [6.45, 7) is 3.80. The number of nitrogens with zero attached hydrogens (tertiary/aromatic N) is 4. The number of sulfonamides is 1. The summed E-state index contributed by atoms with van der Waals surface area (Å²) < 4.78 is 29.1. The second-order valence-electron chi connectivity index (χ2n) is 7.26. The van der Waals surface area contributed by atoms with E-state index in [1.165, 1.54) is 11.3 Å². The highest BCUT2D eigenvalue weighted by Crippen LogP contribution is 2.26. The molecule has 0 aliphatic rings. The Kier molecular flexibility index (Phi) is 5.50. The molecule has 0 radical (unpaired) electrons. The van der Waals surface area contributed by atoms with Crippen LogP contribution >= 0.6 is 11.3 Å². The maximum Gasteiger partial charge on any atom is 0.261 e. The molecule has 4 aromatic rings. The third-order valence-electron chi connectivity index (χ3n) is 4.47. The number of aryl methyl sites for hydroxylation is 2. The Hall–Kier alpha value is -3.24. The molecule has 2 N–H and O–H groups in total. The van der Waals surface area contributed by atoms with E-state index in [4.69, 9.17) is 0 Å². The van der Waals surface area contributed by atoms with Crippen LogP contribution in [0.3, 0.4) is 0 Å². The lowest BCUT2D eigenvalue weighted by Crippen LogP contribution is -2.13. The van der Waals surface area contributed by atoms with E-state index in [0.29, 0.717) is 11.6 Å². The lowest BCUT2D eigenvalue weighted by molar-refractivity contribution is 0.601. The van der Waals surface area contributed by atoms with Gasteiger partial charge >= 0.3 is 0 Å². The normalized spacial score (nSPS) is 11.5. The van der Waals surface area contributed by atoms with Crippen molar-refractivity contribution in [1.82, 2.24) is 15.0 Å². The van der Waals surface area contributed by atoms with Crippen molar-refractivity contribution in [2.75, 3.05) is 29.0 Å². The minimum atomic E-state index is -3.71. The maximum absolute atomic E-state index is 12.8. The van der Waals surface area contributed by atoms with Gasteiger partial charge in [-0.2, -0.15) is 4.98 Å². The number of aromatic nitrogens is 3. The average Bonchev–Trinajstić information content (AvgIpc) is 3.08. The van der Waals surface area contributed by atoms with E-state index in [-0.39, 0.29) is 4.90 Å². The van der Waals surface area contributed by atoms with Crippen molar-refractivity contribution in [1.29, 1.82) is 0 Å². The summed E-state index contributed by atoms with van der Waals surface area (Å²) in [5, 5.41) is 4.05. The largest absolute Gasteiger partial charge is 0.363 e. The average molecular weight is 455 g/mol. The zero-order chi connectivity index (χ0) is 22.2. The zero-order valence-electron chi connectivity index (χ0n) is 17.5. The van der Waals surface area contributed by atoms with Crippen LogP contribution in [0, 0.1) is 13.8 Å². The highest BCUT2D eigenvalue weighted by atomic mass is 32.2. The summed E-state index contributed by atoms with van der Waals surface area (Å²) in [5.74, 6) is 1.28. The quantitative estimate of drug-likeness (QED) is 0.448. The predicted molar refractivity (Wildman–Crippen MR) is 126 cm³/mol. The lowest BCUT2D eigenvalue weighted by atomic mass is 10.3. The Balaban J connectivity index is 1.51. The molecule has 160 valence electrons. The third-order valence-corrected chi connectivity index (χ3v) is 6.78. The van der Waals surface area contributed by atoms with Gasteiger partial charge in [-0.05, 0) is 56.3 Å². The number of hydrogen-bond acceptors (Lipinski definition) is 8. The van der Waals surface area contributed by atoms with Gasteiger partial charge in [-0.3, -0.25) is 4.72 Å². The van der Waals surface area contributed by atoms with Crippen molar-refractivity contribution in [2.45, 2.75) is 18.7 Å². The van der Waals surface area contributed by atoms with Crippen LogP contribution in [0.1, 0.15) is 10.7 Å². The first kappa shape index (κ1) is 21.0. The Morgan fingerprint density at radius 1 is 0.903 bits per heavy atom. The number of thiazole rings is 1. The first-order chi connectivity index (χ1) is 14.7. The van der Waals surface area contributed by atoms with Gasteiger partial charge in [0.25, 0.3) is 10.0 Å². The molecule has 0 atom stereocenters. The topological polar surface area (TPSA) is 100 Å². The number of benzene rings is 2. The summed E-state index contributed by atoms with van der Waals surface area (Å²) in [4.78, 5) is 15.3. The molecular weight excluding hydrogens is 432 g/mol. The number of fused-ring (bicyclic) bond motifs is 1. The Morgan fingerprint density at radius 2 is 1.61 bits per heavy atom. The van der Waals surface area contributed by atoms with Gasteiger partial charge in [-0.25, -0.2) is 18.4 Å². The van der Waals surface area contributed by atoms with Gasteiger partial charge in [0, 0.05) is 37.2 Å². The molecular formula is C21H22N6O2S2. The van der Waals surface area contributed by atoms with Crippen LogP contribution in [0.4, 0.5) is 23.1 Å². The van der Waals surface area contributed by atoms with Gasteiger partial charge in [0.05, 0.1) is 20.1 Å². The minimum Gasteiger partial charge on any atom is -0.363 e. The molecule has 31 heavy (non-hydrogen) atoms. The fourth-order valence-electron chi connectivity index (χ4n) is 2.99. The molecule has 8 nitrogen and oxygen atoms in total. The Labute approximate surface area is 185 Å². The highest BCUT2D eigenvalue weighted by Gasteiger charge is 2.16. The molecule has 2 aromatic carbocycles. The van der Waals surface area contributed by atoms with Gasteiger partial charge in [0.15, 0.2) is 0 Å². The Morgan fingerprint density at radius 3 is 2.32 bits per heavy atom. The summed E-state index contributed by atoms with van der Waals surface area (Å²) >= 11 is 1.47. The van der Waals surface area contributed by atoms with E-state index in [1.807, 2.05) is 38.9 Å². The van der Waals surface area contributed by atoms with Crippen molar-refractivity contribution in [2.24, 2.45) is 0 Å². The lowest BCUT2D eigenvalue weighted by Gasteiger charge is -2.14. The van der Waals surface area contributed by atoms with Crippen LogP contribution in [0.2, 0.25) is 0 Å². The smallest absolute Gasteiger partial charge is 0.261 e. The minimum absolute atomic E-state index is 0.204. The van der Waals surface area contributed by atoms with Crippen molar-refractivity contribution >= 4 is 54.7 Å². The Bertz CT molecular complexity index is 1350. The first-order valence-corrected chi connectivity index (χ1v) is 11.8. The van der Waals surface area contributed by atoms with Crippen molar-refractivity contribution in [3.05, 3.63) is 59.2 Å². The van der Waals surface area contributed by atoms with Crippen molar-refractivity contribution in [3.63, 3.8) is 0 Å². The van der Waals surface area contributed by atoms with E-state index in [2.05, 4.69) is 25.0 Å². The molecule has 10 heteroatoms. The van der Waals surface area contributed by atoms with E-state index in [0.717, 1.165) is 32.4 Å².